The number of rotatable bonds is 17. The van der Waals surface area contributed by atoms with E-state index in [1.807, 2.05) is 23.5 Å². The molecule has 2 rings (SSSR count). The van der Waals surface area contributed by atoms with Crippen molar-refractivity contribution in [2.75, 3.05) is 13.1 Å². The number of carbonyl (C=O) groups is 7. The van der Waals surface area contributed by atoms with Crippen LogP contribution in [0.4, 0.5) is 0 Å². The monoisotopic (exact) mass is 709 g/mol. The number of ketones is 1. The fraction of sp³-hybridized carbons (Fsp3) is 0.417. The largest absolute Gasteiger partial charge is 0.480 e. The number of benzene rings is 1. The molecule has 0 fully saturated rings. The lowest BCUT2D eigenvalue weighted by Gasteiger charge is -2.21. The maximum atomic E-state index is 12.9. The Balaban J connectivity index is 0.00000215. The Morgan fingerprint density at radius 1 is 0.902 bits per heavy atom. The second-order valence-electron chi connectivity index (χ2n) is 11.3. The second-order valence-corrected chi connectivity index (χ2v) is 11.3. The number of carboxylic acid groups (broad SMARTS) is 1. The molecular weight excluding hydrogens is 658 g/mol. The molecule has 0 aliphatic carbocycles. The van der Waals surface area contributed by atoms with Crippen LogP contribution in [0, 0.1) is 12.8 Å². The van der Waals surface area contributed by atoms with Crippen LogP contribution in [-0.4, -0.2) is 81.5 Å². The Bertz CT molecular complexity index is 1460. The molecule has 51 heavy (non-hydrogen) atoms. The molecular formula is C36H51N7O8. The van der Waals surface area contributed by atoms with E-state index in [1.165, 1.54) is 42.7 Å². The molecule has 1 heterocycles. The first-order valence-corrected chi connectivity index (χ1v) is 16.5. The molecule has 15 nitrogen and oxygen atoms in total. The van der Waals surface area contributed by atoms with Gasteiger partial charge < -0.3 is 31.7 Å². The number of Topliss-reactive ketones (excluding diaryl/α,β-unsaturated/α-hetero) is 1. The van der Waals surface area contributed by atoms with E-state index in [0.29, 0.717) is 6.42 Å². The molecule has 2 atom stereocenters. The Kier molecular flexibility index (Phi) is 23.2. The average Bonchev–Trinajstić information content (AvgIpc) is 3.10. The number of nitrogens with one attached hydrogen (secondary N) is 5. The van der Waals surface area contributed by atoms with Crippen molar-refractivity contribution >= 4 is 41.3 Å². The van der Waals surface area contributed by atoms with Crippen LogP contribution in [0.5, 0.6) is 0 Å². The van der Waals surface area contributed by atoms with Gasteiger partial charge in [-0.2, -0.15) is 0 Å². The van der Waals surface area contributed by atoms with Crippen LogP contribution in [-0.2, 0) is 28.8 Å². The van der Waals surface area contributed by atoms with Gasteiger partial charge >= 0.3 is 5.97 Å². The number of hydrogen-bond donors (Lipinski definition) is 6. The zero-order valence-corrected chi connectivity index (χ0v) is 30.2. The quantitative estimate of drug-likeness (QED) is 0.0799. The molecule has 1 aromatic carbocycles. The fourth-order valence-electron chi connectivity index (χ4n) is 3.77. The van der Waals surface area contributed by atoms with Crippen molar-refractivity contribution < 1.29 is 38.7 Å². The molecule has 15 heteroatoms. The second kappa shape index (κ2) is 26.2. The number of hydrogen-bond acceptors (Lipinski definition) is 9. The van der Waals surface area contributed by atoms with E-state index < -0.39 is 66.5 Å². The van der Waals surface area contributed by atoms with E-state index >= 15 is 0 Å². The van der Waals surface area contributed by atoms with Crippen molar-refractivity contribution in [2.24, 2.45) is 5.92 Å². The first kappa shape index (κ1) is 45.3. The van der Waals surface area contributed by atoms with Gasteiger partial charge in [0.1, 0.15) is 24.0 Å². The molecule has 1 aromatic heterocycles. The molecule has 5 amide bonds. The van der Waals surface area contributed by atoms with Crippen LogP contribution in [0.3, 0.4) is 0 Å². The minimum Gasteiger partial charge on any atom is -0.480 e. The van der Waals surface area contributed by atoms with E-state index in [1.54, 1.807) is 20.8 Å². The number of aryl methyl sites for hydroxylation is 1. The van der Waals surface area contributed by atoms with E-state index in [2.05, 4.69) is 70.7 Å². The number of carbonyl (C=O) groups excluding carboxylic acids is 6. The molecule has 0 bridgehead atoms. The normalized spacial score (nSPS) is 11.5. The summed E-state index contributed by atoms with van der Waals surface area (Å²) in [6, 6.07) is 7.97. The first-order valence-electron chi connectivity index (χ1n) is 16.5. The smallest absolute Gasteiger partial charge is 0.322 e. The average molecular weight is 710 g/mol. The Morgan fingerprint density at radius 2 is 1.55 bits per heavy atom. The van der Waals surface area contributed by atoms with E-state index in [0.717, 1.165) is 0 Å². The van der Waals surface area contributed by atoms with Crippen molar-refractivity contribution in [2.45, 2.75) is 79.3 Å². The van der Waals surface area contributed by atoms with Crippen molar-refractivity contribution in [3.63, 3.8) is 0 Å². The predicted octanol–water partition coefficient (Wildman–Crippen LogP) is 2.39. The molecule has 0 spiro atoms. The standard InChI is InChI=1S/C26H35N7O8.C7H8.C3H8/c1-5-7-9-17(23(38)32-16(8-6-2)22(37)26(41)30-14-20(35)36)31-19(34)13-29-25(40)21(15(3)4)33-24(39)18-12-27-10-11-28-18;1-7-5-3-2-4-6-7;1-3-2/h5,9-12,15-16,21H,1,6-8,13-14H2,2-4H3,(H,29,40)(H,30,41)(H,31,34)(H,32,38)(H,33,39)(H,35,36);2-6H,1H3;3H2,1-2H3/b17-9+;;. The Labute approximate surface area is 299 Å². The number of nitrogens with zero attached hydrogens (tertiary/aromatic N) is 2. The fourth-order valence-corrected chi connectivity index (χ4v) is 3.77. The molecule has 0 radical (unpaired) electrons. The summed E-state index contributed by atoms with van der Waals surface area (Å²) in [7, 11) is 0. The van der Waals surface area contributed by atoms with Crippen molar-refractivity contribution in [3.8, 4) is 0 Å². The van der Waals surface area contributed by atoms with Gasteiger partial charge in [0.2, 0.25) is 17.6 Å². The van der Waals surface area contributed by atoms with Crippen LogP contribution in [0.15, 0.2) is 73.4 Å². The molecule has 2 aromatic rings. The minimum absolute atomic E-state index is 0.00549. The first-order chi connectivity index (χ1) is 24.2. The highest BCUT2D eigenvalue weighted by atomic mass is 16.4. The van der Waals surface area contributed by atoms with Gasteiger partial charge in [-0.3, -0.25) is 38.5 Å². The number of aromatic nitrogens is 2. The lowest BCUT2D eigenvalue weighted by atomic mass is 10.0. The van der Waals surface area contributed by atoms with E-state index in [9.17, 15) is 33.6 Å². The van der Waals surface area contributed by atoms with Crippen LogP contribution in [0.2, 0.25) is 0 Å². The van der Waals surface area contributed by atoms with Crippen molar-refractivity contribution in [3.05, 3.63) is 84.6 Å². The van der Waals surface area contributed by atoms with Gasteiger partial charge in [0.05, 0.1) is 18.8 Å². The number of carboxylic acids is 1. The van der Waals surface area contributed by atoms with Crippen LogP contribution in [0.25, 0.3) is 0 Å². The zero-order chi connectivity index (χ0) is 38.8. The van der Waals surface area contributed by atoms with Crippen molar-refractivity contribution in [1.29, 1.82) is 0 Å². The summed E-state index contributed by atoms with van der Waals surface area (Å²) < 4.78 is 0. The number of aliphatic carboxylic acids is 1. The van der Waals surface area contributed by atoms with Gasteiger partial charge in [0, 0.05) is 12.4 Å². The van der Waals surface area contributed by atoms with Crippen molar-refractivity contribution in [1.82, 2.24) is 36.6 Å². The third-order valence-electron chi connectivity index (χ3n) is 6.23. The summed E-state index contributed by atoms with van der Waals surface area (Å²) in [4.78, 5) is 93.5. The SMILES string of the molecule is C=CC/C=C(/NC(=O)CNC(=O)C(NC(=O)c1cnccn1)C(C)C)C(=O)NC(CCC)C(=O)C(=O)NCC(=O)O.CCC.Cc1ccccc1. The highest BCUT2D eigenvalue weighted by Crippen LogP contribution is 2.05. The zero-order valence-electron chi connectivity index (χ0n) is 30.2. The van der Waals surface area contributed by atoms with E-state index in [-0.39, 0.29) is 30.2 Å². The van der Waals surface area contributed by atoms with Crippen LogP contribution in [0.1, 0.15) is 76.4 Å². The van der Waals surface area contributed by atoms with E-state index in [4.69, 9.17) is 5.11 Å². The highest BCUT2D eigenvalue weighted by molar-refractivity contribution is 6.38. The molecule has 278 valence electrons. The Hall–Kier alpha value is -5.73. The van der Waals surface area contributed by atoms with Crippen LogP contribution >= 0.6 is 0 Å². The predicted molar refractivity (Wildman–Crippen MR) is 192 cm³/mol. The maximum Gasteiger partial charge on any atom is 0.322 e. The third kappa shape index (κ3) is 19.8. The summed E-state index contributed by atoms with van der Waals surface area (Å²) in [5, 5.41) is 20.3. The van der Waals surface area contributed by atoms with Gasteiger partial charge in [0.15, 0.2) is 0 Å². The van der Waals surface area contributed by atoms with Gasteiger partial charge in [-0.25, -0.2) is 4.98 Å². The highest BCUT2D eigenvalue weighted by Gasteiger charge is 2.29. The summed E-state index contributed by atoms with van der Waals surface area (Å²) in [5.74, 6) is -6.89. The lowest BCUT2D eigenvalue weighted by Crippen LogP contribution is -2.52. The minimum atomic E-state index is -1.35. The summed E-state index contributed by atoms with van der Waals surface area (Å²) >= 11 is 0. The Morgan fingerprint density at radius 3 is 2.04 bits per heavy atom. The molecule has 6 N–H and O–H groups in total. The van der Waals surface area contributed by atoms with Gasteiger partial charge in [-0.15, -0.1) is 6.58 Å². The number of allylic oxidation sites excluding steroid dienone is 2. The topological polar surface area (TPSA) is 226 Å². The summed E-state index contributed by atoms with van der Waals surface area (Å²) in [5.41, 5.74) is 1.06. The molecule has 2 unspecified atom stereocenters. The molecule has 0 aliphatic heterocycles. The molecule has 0 saturated heterocycles. The molecule has 0 aliphatic rings. The van der Waals surface area contributed by atoms with Gasteiger partial charge in [-0.1, -0.05) is 95.5 Å². The lowest BCUT2D eigenvalue weighted by molar-refractivity contribution is -0.142. The summed E-state index contributed by atoms with van der Waals surface area (Å²) in [6.45, 7) is 13.6. The van der Waals surface area contributed by atoms with Gasteiger partial charge in [0.25, 0.3) is 17.7 Å². The maximum absolute atomic E-state index is 12.9. The van der Waals surface area contributed by atoms with Gasteiger partial charge in [-0.05, 0) is 25.7 Å². The van der Waals surface area contributed by atoms with Crippen LogP contribution < -0.4 is 26.6 Å². The summed E-state index contributed by atoms with van der Waals surface area (Å²) in [6.07, 6.45) is 8.59. The number of amides is 5. The third-order valence-corrected chi connectivity index (χ3v) is 6.23. The molecule has 0 saturated carbocycles.